The number of hydrogen-bond donors (Lipinski definition) is 1. The van der Waals surface area contributed by atoms with Crippen LogP contribution in [0, 0.1) is 11.3 Å². The zero-order valence-corrected chi connectivity index (χ0v) is 18.5. The van der Waals surface area contributed by atoms with Crippen molar-refractivity contribution in [3.63, 3.8) is 0 Å². The molecule has 2 amide bonds. The normalized spacial score (nSPS) is 13.2. The summed E-state index contributed by atoms with van der Waals surface area (Å²) in [5.41, 5.74) is 3.63. The molecule has 0 atom stereocenters. The van der Waals surface area contributed by atoms with Gasteiger partial charge in [-0.25, -0.2) is 9.50 Å². The third kappa shape index (κ3) is 3.75. The van der Waals surface area contributed by atoms with E-state index in [1.807, 2.05) is 12.1 Å². The first-order valence-electron chi connectivity index (χ1n) is 10.9. The highest BCUT2D eigenvalue weighted by molar-refractivity contribution is 6.07. The molecule has 0 radical (unpaired) electrons. The van der Waals surface area contributed by atoms with Crippen LogP contribution in [-0.4, -0.2) is 44.5 Å². The van der Waals surface area contributed by atoms with Gasteiger partial charge in [0.15, 0.2) is 0 Å². The van der Waals surface area contributed by atoms with Crippen molar-refractivity contribution < 1.29 is 9.59 Å². The largest absolute Gasteiger partial charge is 0.354 e. The lowest BCUT2D eigenvalue weighted by Gasteiger charge is -2.36. The summed E-state index contributed by atoms with van der Waals surface area (Å²) in [5, 5.41) is 16.0. The molecule has 4 heterocycles. The van der Waals surface area contributed by atoms with E-state index in [1.165, 1.54) is 6.20 Å². The molecule has 0 aromatic carbocycles. The SMILES string of the molecule is CNC(=O)c1ccc(-c2cnn3ccc(C(=O)N(c4ccc(C#N)cn4)C4CCC4)cc23)cn1. The molecular weight excluding hydrogens is 430 g/mol. The monoisotopic (exact) mass is 451 g/mol. The number of carbonyl (C=O) groups is 2. The molecule has 5 rings (SSSR count). The number of amides is 2. The van der Waals surface area contributed by atoms with E-state index < -0.39 is 0 Å². The third-order valence-corrected chi connectivity index (χ3v) is 6.09. The van der Waals surface area contributed by atoms with Crippen LogP contribution in [0.1, 0.15) is 45.7 Å². The van der Waals surface area contributed by atoms with Crippen LogP contribution in [0.4, 0.5) is 5.82 Å². The van der Waals surface area contributed by atoms with Crippen LogP contribution in [-0.2, 0) is 0 Å². The number of nitrogens with zero attached hydrogens (tertiary/aromatic N) is 6. The molecule has 1 saturated carbocycles. The third-order valence-electron chi connectivity index (χ3n) is 6.09. The lowest BCUT2D eigenvalue weighted by atomic mass is 9.91. The van der Waals surface area contributed by atoms with Crippen LogP contribution in [0.5, 0.6) is 0 Å². The highest BCUT2D eigenvalue weighted by Crippen LogP contribution is 2.31. The van der Waals surface area contributed by atoms with Gasteiger partial charge < -0.3 is 5.32 Å². The van der Waals surface area contributed by atoms with Crippen LogP contribution in [0.25, 0.3) is 16.6 Å². The fraction of sp³-hybridized carbons (Fsp3) is 0.200. The van der Waals surface area contributed by atoms with Gasteiger partial charge in [0, 0.05) is 48.4 Å². The predicted octanol–water partition coefficient (Wildman–Crippen LogP) is 3.22. The average molecular weight is 451 g/mol. The number of aromatic nitrogens is 4. The van der Waals surface area contributed by atoms with Crippen molar-refractivity contribution >= 4 is 23.1 Å². The fourth-order valence-corrected chi connectivity index (χ4v) is 3.99. The molecule has 9 nitrogen and oxygen atoms in total. The van der Waals surface area contributed by atoms with Crippen molar-refractivity contribution in [3.05, 3.63) is 78.0 Å². The van der Waals surface area contributed by atoms with Gasteiger partial charge in [0.1, 0.15) is 17.6 Å². The number of nitrogens with one attached hydrogen (secondary N) is 1. The van der Waals surface area contributed by atoms with Gasteiger partial charge >= 0.3 is 0 Å². The summed E-state index contributed by atoms with van der Waals surface area (Å²) in [7, 11) is 1.56. The summed E-state index contributed by atoms with van der Waals surface area (Å²) in [6.07, 6.45) is 9.47. The molecular formula is C25H21N7O2. The van der Waals surface area contributed by atoms with E-state index in [0.29, 0.717) is 22.6 Å². The molecule has 0 unspecified atom stereocenters. The first kappa shape index (κ1) is 21.3. The zero-order valence-electron chi connectivity index (χ0n) is 18.5. The quantitative estimate of drug-likeness (QED) is 0.498. The van der Waals surface area contributed by atoms with Gasteiger partial charge in [-0.3, -0.25) is 19.5 Å². The fourth-order valence-electron chi connectivity index (χ4n) is 3.99. The minimum Gasteiger partial charge on any atom is -0.354 e. The molecule has 4 aromatic heterocycles. The Labute approximate surface area is 195 Å². The first-order valence-corrected chi connectivity index (χ1v) is 10.9. The Balaban J connectivity index is 1.51. The summed E-state index contributed by atoms with van der Waals surface area (Å²) >= 11 is 0. The summed E-state index contributed by atoms with van der Waals surface area (Å²) < 4.78 is 1.70. The van der Waals surface area contributed by atoms with Crippen LogP contribution >= 0.6 is 0 Å². The summed E-state index contributed by atoms with van der Waals surface area (Å²) in [6, 6.07) is 12.6. The number of nitriles is 1. The zero-order chi connectivity index (χ0) is 23.7. The van der Waals surface area contributed by atoms with Gasteiger partial charge in [0.2, 0.25) is 0 Å². The highest BCUT2D eigenvalue weighted by Gasteiger charge is 2.32. The number of pyridine rings is 3. The predicted molar refractivity (Wildman–Crippen MR) is 125 cm³/mol. The molecule has 1 aliphatic rings. The van der Waals surface area contributed by atoms with E-state index in [1.54, 1.807) is 59.3 Å². The standard InChI is InChI=1S/C25H21N7O2/c1-27-24(33)21-7-6-18(14-28-21)20-15-30-31-10-9-17(11-22(20)31)25(34)32(19-3-2-4-19)23-8-5-16(12-26)13-29-23/h5-11,13-15,19H,2-4H2,1H3,(H,27,33). The van der Waals surface area contributed by atoms with E-state index in [9.17, 15) is 9.59 Å². The van der Waals surface area contributed by atoms with E-state index in [4.69, 9.17) is 5.26 Å². The smallest absolute Gasteiger partial charge is 0.269 e. The Morgan fingerprint density at radius 3 is 2.59 bits per heavy atom. The van der Waals surface area contributed by atoms with Gasteiger partial charge in [-0.1, -0.05) is 6.07 Å². The Morgan fingerprint density at radius 1 is 1.12 bits per heavy atom. The Bertz CT molecular complexity index is 1410. The number of anilines is 1. The van der Waals surface area contributed by atoms with Crippen molar-refractivity contribution in [1.29, 1.82) is 5.26 Å². The van der Waals surface area contributed by atoms with Crippen LogP contribution in [0.15, 0.2) is 61.2 Å². The number of fused-ring (bicyclic) bond motifs is 1. The van der Waals surface area contributed by atoms with Gasteiger partial charge in [0.05, 0.1) is 17.3 Å². The van der Waals surface area contributed by atoms with Crippen molar-refractivity contribution in [3.8, 4) is 17.2 Å². The minimum atomic E-state index is -0.258. The average Bonchev–Trinajstić information content (AvgIpc) is 3.28. The second kappa shape index (κ2) is 8.75. The number of hydrogen-bond acceptors (Lipinski definition) is 6. The van der Waals surface area contributed by atoms with Gasteiger partial charge in [-0.15, -0.1) is 0 Å². The van der Waals surface area contributed by atoms with Crippen molar-refractivity contribution in [1.82, 2.24) is 24.9 Å². The maximum Gasteiger partial charge on any atom is 0.269 e. The molecule has 0 saturated heterocycles. The van der Waals surface area contributed by atoms with Gasteiger partial charge in [0.25, 0.3) is 11.8 Å². The number of rotatable bonds is 5. The lowest BCUT2D eigenvalue weighted by Crippen LogP contribution is -2.45. The van der Waals surface area contributed by atoms with Crippen molar-refractivity contribution in [2.75, 3.05) is 11.9 Å². The van der Waals surface area contributed by atoms with E-state index in [-0.39, 0.29) is 17.9 Å². The number of carbonyl (C=O) groups excluding carboxylic acids is 2. The highest BCUT2D eigenvalue weighted by atomic mass is 16.2. The van der Waals surface area contributed by atoms with Crippen molar-refractivity contribution in [2.45, 2.75) is 25.3 Å². The first-order chi connectivity index (χ1) is 16.6. The van der Waals surface area contributed by atoms with E-state index >= 15 is 0 Å². The van der Waals surface area contributed by atoms with Gasteiger partial charge in [-0.05, 0) is 49.6 Å². The molecule has 34 heavy (non-hydrogen) atoms. The molecule has 1 N–H and O–H groups in total. The summed E-state index contributed by atoms with van der Waals surface area (Å²) in [5.74, 6) is 0.132. The van der Waals surface area contributed by atoms with E-state index in [0.717, 1.165) is 35.9 Å². The second-order valence-corrected chi connectivity index (χ2v) is 8.09. The van der Waals surface area contributed by atoms with Crippen LogP contribution in [0.2, 0.25) is 0 Å². The maximum atomic E-state index is 13.6. The maximum absolute atomic E-state index is 13.6. The lowest BCUT2D eigenvalue weighted by molar-refractivity contribution is 0.0952. The van der Waals surface area contributed by atoms with Crippen LogP contribution in [0.3, 0.4) is 0 Å². The Hall–Kier alpha value is -4.58. The molecule has 0 spiro atoms. The molecule has 9 heteroatoms. The molecule has 4 aromatic rings. The molecule has 0 aliphatic heterocycles. The summed E-state index contributed by atoms with van der Waals surface area (Å²) in [4.78, 5) is 35.8. The molecule has 1 fully saturated rings. The summed E-state index contributed by atoms with van der Waals surface area (Å²) in [6.45, 7) is 0. The van der Waals surface area contributed by atoms with Gasteiger partial charge in [-0.2, -0.15) is 10.4 Å². The molecule has 1 aliphatic carbocycles. The second-order valence-electron chi connectivity index (χ2n) is 8.09. The van der Waals surface area contributed by atoms with E-state index in [2.05, 4.69) is 26.5 Å². The van der Waals surface area contributed by atoms with Crippen molar-refractivity contribution in [2.24, 2.45) is 0 Å². The minimum absolute atomic E-state index is 0.0787. The molecule has 168 valence electrons. The topological polar surface area (TPSA) is 116 Å². The Kier molecular flexibility index (Phi) is 5.47. The van der Waals surface area contributed by atoms with Crippen LogP contribution < -0.4 is 10.2 Å². The Morgan fingerprint density at radius 2 is 1.97 bits per heavy atom. The molecule has 0 bridgehead atoms.